The van der Waals surface area contributed by atoms with Crippen LogP contribution in [0, 0.1) is 0 Å². The normalized spacial score (nSPS) is 18.5. The fourth-order valence-corrected chi connectivity index (χ4v) is 1.55. The second-order valence-corrected chi connectivity index (χ2v) is 3.16. The molecule has 1 aliphatic heterocycles. The summed E-state index contributed by atoms with van der Waals surface area (Å²) in [5.41, 5.74) is 1.07. The molecule has 14 heavy (non-hydrogen) atoms. The molecule has 1 atom stereocenters. The van der Waals surface area contributed by atoms with Crippen LogP contribution in [0.5, 0.6) is 0 Å². The number of aromatic nitrogens is 1. The molecular formula is C10H12N2O2. The molecule has 0 fully saturated rings. The van der Waals surface area contributed by atoms with Crippen LogP contribution in [0.25, 0.3) is 0 Å². The van der Waals surface area contributed by atoms with E-state index in [9.17, 15) is 4.79 Å². The summed E-state index contributed by atoms with van der Waals surface area (Å²) in [5, 5.41) is 3.03. The number of anilines is 1. The predicted octanol–water partition coefficient (Wildman–Crippen LogP) is 0.981. The standard InChI is InChI=1S/C10H12N2O2/c1-2-14-10(13)8-6-7-4-3-5-11-9(7)12-8/h3-5,8H,2,6H2,1H3,(H,11,12)/t8-/m0/s1. The van der Waals surface area contributed by atoms with Gasteiger partial charge >= 0.3 is 5.97 Å². The molecule has 4 heteroatoms. The fraction of sp³-hybridized carbons (Fsp3) is 0.400. The van der Waals surface area contributed by atoms with E-state index in [4.69, 9.17) is 4.74 Å². The zero-order valence-electron chi connectivity index (χ0n) is 7.99. The number of rotatable bonds is 2. The lowest BCUT2D eigenvalue weighted by Crippen LogP contribution is -2.29. The Labute approximate surface area is 82.3 Å². The van der Waals surface area contributed by atoms with E-state index in [1.165, 1.54) is 0 Å². The van der Waals surface area contributed by atoms with Gasteiger partial charge in [0.1, 0.15) is 11.9 Å². The molecule has 0 unspecified atom stereocenters. The molecule has 4 nitrogen and oxygen atoms in total. The van der Waals surface area contributed by atoms with Crippen molar-refractivity contribution >= 4 is 11.8 Å². The van der Waals surface area contributed by atoms with Crippen molar-refractivity contribution in [2.75, 3.05) is 11.9 Å². The minimum absolute atomic E-state index is 0.203. The lowest BCUT2D eigenvalue weighted by atomic mass is 10.1. The smallest absolute Gasteiger partial charge is 0.328 e. The first kappa shape index (κ1) is 8.99. The summed E-state index contributed by atoms with van der Waals surface area (Å²) in [6.07, 6.45) is 2.38. The predicted molar refractivity (Wildman–Crippen MR) is 52.0 cm³/mol. The van der Waals surface area contributed by atoms with E-state index in [1.54, 1.807) is 13.1 Å². The van der Waals surface area contributed by atoms with Crippen molar-refractivity contribution in [3.8, 4) is 0 Å². The quantitative estimate of drug-likeness (QED) is 0.710. The lowest BCUT2D eigenvalue weighted by molar-refractivity contribution is -0.143. The molecule has 1 aromatic heterocycles. The summed E-state index contributed by atoms with van der Waals surface area (Å²) in [4.78, 5) is 15.5. The molecule has 74 valence electrons. The van der Waals surface area contributed by atoms with Crippen molar-refractivity contribution in [1.29, 1.82) is 0 Å². The molecule has 1 N–H and O–H groups in total. The van der Waals surface area contributed by atoms with Crippen LogP contribution in [0.4, 0.5) is 5.82 Å². The highest BCUT2D eigenvalue weighted by molar-refractivity contribution is 5.81. The number of fused-ring (bicyclic) bond motifs is 1. The Morgan fingerprint density at radius 3 is 3.36 bits per heavy atom. The molecular weight excluding hydrogens is 180 g/mol. The molecule has 0 saturated carbocycles. The molecule has 0 aromatic carbocycles. The third-order valence-corrected chi connectivity index (χ3v) is 2.20. The number of hydrogen-bond acceptors (Lipinski definition) is 4. The maximum atomic E-state index is 11.4. The molecule has 0 bridgehead atoms. The lowest BCUT2D eigenvalue weighted by Gasteiger charge is -2.08. The fourth-order valence-electron chi connectivity index (χ4n) is 1.55. The summed E-state index contributed by atoms with van der Waals surface area (Å²) in [5.74, 6) is 0.594. The summed E-state index contributed by atoms with van der Waals surface area (Å²) < 4.78 is 4.93. The number of nitrogens with zero attached hydrogens (tertiary/aromatic N) is 1. The Morgan fingerprint density at radius 1 is 1.79 bits per heavy atom. The van der Waals surface area contributed by atoms with Crippen LogP contribution < -0.4 is 5.32 Å². The van der Waals surface area contributed by atoms with Crippen molar-refractivity contribution in [2.45, 2.75) is 19.4 Å². The summed E-state index contributed by atoms with van der Waals surface area (Å²) >= 11 is 0. The number of pyridine rings is 1. The molecule has 1 aliphatic rings. The van der Waals surface area contributed by atoms with E-state index in [0.717, 1.165) is 11.4 Å². The molecule has 0 spiro atoms. The van der Waals surface area contributed by atoms with E-state index >= 15 is 0 Å². The first-order valence-electron chi connectivity index (χ1n) is 4.68. The second-order valence-electron chi connectivity index (χ2n) is 3.16. The molecule has 0 amide bonds. The third kappa shape index (κ3) is 1.55. The highest BCUT2D eigenvalue weighted by Crippen LogP contribution is 2.22. The van der Waals surface area contributed by atoms with Crippen LogP contribution in [-0.4, -0.2) is 23.6 Å². The van der Waals surface area contributed by atoms with Gasteiger partial charge in [0.05, 0.1) is 6.61 Å². The Kier molecular flexibility index (Phi) is 2.35. The van der Waals surface area contributed by atoms with Crippen LogP contribution >= 0.6 is 0 Å². The minimum atomic E-state index is -0.264. The van der Waals surface area contributed by atoms with Crippen molar-refractivity contribution < 1.29 is 9.53 Å². The van der Waals surface area contributed by atoms with Crippen molar-refractivity contribution in [3.63, 3.8) is 0 Å². The Bertz CT molecular complexity index is 327. The van der Waals surface area contributed by atoms with Gasteiger partial charge < -0.3 is 10.1 Å². The van der Waals surface area contributed by atoms with Crippen LogP contribution in [-0.2, 0) is 16.0 Å². The Balaban J connectivity index is 2.08. The largest absolute Gasteiger partial charge is 0.464 e. The van der Waals surface area contributed by atoms with E-state index in [1.807, 2.05) is 12.1 Å². The van der Waals surface area contributed by atoms with Crippen LogP contribution in [0.3, 0.4) is 0 Å². The van der Waals surface area contributed by atoms with E-state index in [0.29, 0.717) is 13.0 Å². The van der Waals surface area contributed by atoms with Gasteiger partial charge in [-0.05, 0) is 18.6 Å². The topological polar surface area (TPSA) is 51.2 Å². The average Bonchev–Trinajstić information content (AvgIpc) is 2.61. The van der Waals surface area contributed by atoms with Crippen molar-refractivity contribution in [3.05, 3.63) is 23.9 Å². The van der Waals surface area contributed by atoms with Gasteiger partial charge in [0.25, 0.3) is 0 Å². The number of carbonyl (C=O) groups is 1. The highest BCUT2D eigenvalue weighted by Gasteiger charge is 2.28. The van der Waals surface area contributed by atoms with Crippen LogP contribution in [0.1, 0.15) is 12.5 Å². The van der Waals surface area contributed by atoms with Crippen LogP contribution in [0.15, 0.2) is 18.3 Å². The number of esters is 1. The van der Waals surface area contributed by atoms with Crippen molar-refractivity contribution in [2.24, 2.45) is 0 Å². The molecule has 0 saturated heterocycles. The second kappa shape index (κ2) is 3.65. The summed E-state index contributed by atoms with van der Waals surface area (Å²) in [6.45, 7) is 2.22. The molecule has 2 rings (SSSR count). The van der Waals surface area contributed by atoms with E-state index in [-0.39, 0.29) is 12.0 Å². The number of nitrogens with one attached hydrogen (secondary N) is 1. The maximum absolute atomic E-state index is 11.4. The third-order valence-electron chi connectivity index (χ3n) is 2.20. The first-order chi connectivity index (χ1) is 6.81. The maximum Gasteiger partial charge on any atom is 0.328 e. The average molecular weight is 192 g/mol. The van der Waals surface area contributed by atoms with Gasteiger partial charge in [0.15, 0.2) is 0 Å². The van der Waals surface area contributed by atoms with Gasteiger partial charge in [0, 0.05) is 12.6 Å². The number of ether oxygens (including phenoxy) is 1. The molecule has 1 aromatic rings. The first-order valence-corrected chi connectivity index (χ1v) is 4.68. The highest BCUT2D eigenvalue weighted by atomic mass is 16.5. The van der Waals surface area contributed by atoms with Gasteiger partial charge in [-0.2, -0.15) is 0 Å². The van der Waals surface area contributed by atoms with E-state index in [2.05, 4.69) is 10.3 Å². The van der Waals surface area contributed by atoms with Gasteiger partial charge in [-0.1, -0.05) is 6.07 Å². The minimum Gasteiger partial charge on any atom is -0.464 e. The van der Waals surface area contributed by atoms with Gasteiger partial charge in [-0.3, -0.25) is 0 Å². The van der Waals surface area contributed by atoms with Gasteiger partial charge in [-0.15, -0.1) is 0 Å². The Hall–Kier alpha value is -1.58. The van der Waals surface area contributed by atoms with E-state index < -0.39 is 0 Å². The van der Waals surface area contributed by atoms with Gasteiger partial charge in [-0.25, -0.2) is 9.78 Å². The molecule has 0 radical (unpaired) electrons. The monoisotopic (exact) mass is 192 g/mol. The molecule has 2 heterocycles. The molecule has 0 aliphatic carbocycles. The van der Waals surface area contributed by atoms with Crippen LogP contribution in [0.2, 0.25) is 0 Å². The zero-order valence-corrected chi connectivity index (χ0v) is 7.99. The SMILES string of the molecule is CCOC(=O)[C@@H]1Cc2cccnc2N1. The zero-order chi connectivity index (χ0) is 9.97. The number of hydrogen-bond donors (Lipinski definition) is 1. The summed E-state index contributed by atoms with van der Waals surface area (Å²) in [7, 11) is 0. The number of carbonyl (C=O) groups excluding carboxylic acids is 1. The van der Waals surface area contributed by atoms with Crippen molar-refractivity contribution in [1.82, 2.24) is 4.98 Å². The Morgan fingerprint density at radius 2 is 2.64 bits per heavy atom. The summed E-state index contributed by atoms with van der Waals surface area (Å²) in [6, 6.07) is 3.57. The van der Waals surface area contributed by atoms with Gasteiger partial charge in [0.2, 0.25) is 0 Å².